The highest BCUT2D eigenvalue weighted by molar-refractivity contribution is 7.90. The highest BCUT2D eigenvalue weighted by Crippen LogP contribution is 2.23. The Morgan fingerprint density at radius 1 is 0.926 bits per heavy atom. The molecular weight excluding hydrogens is 364 g/mol. The number of anilines is 1. The molecule has 2 heterocycles. The van der Waals surface area contributed by atoms with Crippen LogP contribution in [-0.2, 0) is 16.6 Å². The maximum Gasteiger partial charge on any atom is 0.286 e. The number of hydrogen-bond donors (Lipinski definition) is 1. The number of nitrogens with zero attached hydrogens (tertiary/aromatic N) is 3. The van der Waals surface area contributed by atoms with Gasteiger partial charge in [0.2, 0.25) is 11.8 Å². The van der Waals surface area contributed by atoms with E-state index in [-0.39, 0.29) is 16.7 Å². The van der Waals surface area contributed by atoms with E-state index >= 15 is 0 Å². The summed E-state index contributed by atoms with van der Waals surface area (Å²) in [5, 5.41) is 7.23. The fourth-order valence-corrected chi connectivity index (χ4v) is 3.77. The summed E-state index contributed by atoms with van der Waals surface area (Å²) in [6.45, 7) is 0.404. The monoisotopic (exact) mass is 380 g/mol. The second-order valence-corrected chi connectivity index (χ2v) is 7.50. The molecule has 0 aliphatic rings. The van der Waals surface area contributed by atoms with Crippen molar-refractivity contribution in [2.75, 3.05) is 5.32 Å². The predicted octanol–water partition coefficient (Wildman–Crippen LogP) is 3.39. The molecule has 0 bridgehead atoms. The van der Waals surface area contributed by atoms with E-state index in [2.05, 4.69) is 15.4 Å². The third-order valence-electron chi connectivity index (χ3n) is 3.88. The Kier molecular flexibility index (Phi) is 4.47. The average molecular weight is 380 g/mol. The standard InChI is InChI=1S/C19H16N4O3S/c24-27(25,16-10-5-2-6-11-16)23-19(20-14-15-8-3-1-4-9-15)21-18(22-23)17-12-7-13-26-17/h1-13H,14H2,(H,20,21,22). The van der Waals surface area contributed by atoms with Crippen molar-refractivity contribution in [1.29, 1.82) is 0 Å². The van der Waals surface area contributed by atoms with Crippen molar-refractivity contribution in [2.45, 2.75) is 11.4 Å². The lowest BCUT2D eigenvalue weighted by molar-refractivity contribution is 0.573. The van der Waals surface area contributed by atoms with Crippen molar-refractivity contribution in [2.24, 2.45) is 0 Å². The summed E-state index contributed by atoms with van der Waals surface area (Å²) in [4.78, 5) is 4.46. The van der Waals surface area contributed by atoms with Gasteiger partial charge in [0.25, 0.3) is 10.0 Å². The molecule has 4 aromatic rings. The van der Waals surface area contributed by atoms with Crippen LogP contribution < -0.4 is 5.32 Å². The van der Waals surface area contributed by atoms with Gasteiger partial charge in [-0.25, -0.2) is 0 Å². The molecule has 0 spiro atoms. The molecule has 136 valence electrons. The topological polar surface area (TPSA) is 90.0 Å². The number of nitrogens with one attached hydrogen (secondary N) is 1. The summed E-state index contributed by atoms with van der Waals surface area (Å²) in [7, 11) is -3.91. The van der Waals surface area contributed by atoms with Gasteiger partial charge in [0.1, 0.15) is 0 Å². The predicted molar refractivity (Wildman–Crippen MR) is 101 cm³/mol. The highest BCUT2D eigenvalue weighted by atomic mass is 32.2. The number of rotatable bonds is 6. The Hall–Kier alpha value is -3.39. The first-order valence-electron chi connectivity index (χ1n) is 8.24. The zero-order chi connectivity index (χ0) is 18.7. The Balaban J connectivity index is 1.75. The van der Waals surface area contributed by atoms with Gasteiger partial charge in [-0.3, -0.25) is 0 Å². The molecule has 2 aromatic heterocycles. The molecule has 0 saturated carbocycles. The molecule has 8 heteroatoms. The molecule has 4 rings (SSSR count). The van der Waals surface area contributed by atoms with E-state index in [1.807, 2.05) is 30.3 Å². The number of aromatic nitrogens is 3. The van der Waals surface area contributed by atoms with Crippen molar-refractivity contribution >= 4 is 16.0 Å². The van der Waals surface area contributed by atoms with Crippen LogP contribution in [0.5, 0.6) is 0 Å². The van der Waals surface area contributed by atoms with Crippen LogP contribution in [0.25, 0.3) is 11.6 Å². The van der Waals surface area contributed by atoms with Crippen molar-refractivity contribution in [3.8, 4) is 11.6 Å². The molecular formula is C19H16N4O3S. The van der Waals surface area contributed by atoms with Crippen LogP contribution in [0.15, 0.2) is 88.4 Å². The van der Waals surface area contributed by atoms with Gasteiger partial charge in [-0.2, -0.15) is 13.4 Å². The third-order valence-corrected chi connectivity index (χ3v) is 5.46. The Morgan fingerprint density at radius 3 is 2.30 bits per heavy atom. The van der Waals surface area contributed by atoms with Gasteiger partial charge < -0.3 is 9.73 Å². The van der Waals surface area contributed by atoms with Crippen LogP contribution in [0.1, 0.15) is 5.56 Å². The SMILES string of the molecule is O=S(=O)(c1ccccc1)n1nc(-c2ccco2)nc1NCc1ccccc1. The molecule has 0 saturated heterocycles. The van der Waals surface area contributed by atoms with Gasteiger partial charge in [0.05, 0.1) is 11.2 Å². The average Bonchev–Trinajstić information content (AvgIpc) is 3.38. The van der Waals surface area contributed by atoms with E-state index in [1.54, 1.807) is 30.3 Å². The summed E-state index contributed by atoms with van der Waals surface area (Å²) in [5.41, 5.74) is 0.990. The molecule has 0 aliphatic carbocycles. The zero-order valence-electron chi connectivity index (χ0n) is 14.2. The van der Waals surface area contributed by atoms with Crippen LogP contribution in [-0.4, -0.2) is 22.6 Å². The number of furan rings is 1. The quantitative estimate of drug-likeness (QED) is 0.551. The minimum atomic E-state index is -3.91. The number of benzene rings is 2. The van der Waals surface area contributed by atoms with Gasteiger partial charge >= 0.3 is 0 Å². The minimum absolute atomic E-state index is 0.120. The van der Waals surface area contributed by atoms with Crippen LogP contribution in [0.2, 0.25) is 0 Å². The van der Waals surface area contributed by atoms with Crippen LogP contribution in [0, 0.1) is 0 Å². The second-order valence-electron chi connectivity index (χ2n) is 5.74. The first-order valence-corrected chi connectivity index (χ1v) is 9.68. The first kappa shape index (κ1) is 17.0. The van der Waals surface area contributed by atoms with Gasteiger partial charge in [-0.05, 0) is 29.8 Å². The van der Waals surface area contributed by atoms with Crippen LogP contribution in [0.3, 0.4) is 0 Å². The fraction of sp³-hybridized carbons (Fsp3) is 0.0526. The Bertz CT molecular complexity index is 1120. The summed E-state index contributed by atoms with van der Waals surface area (Å²) in [6.07, 6.45) is 1.48. The second kappa shape index (κ2) is 7.08. The van der Waals surface area contributed by atoms with E-state index in [4.69, 9.17) is 4.42 Å². The Morgan fingerprint density at radius 2 is 1.63 bits per heavy atom. The van der Waals surface area contributed by atoms with Crippen molar-refractivity contribution < 1.29 is 12.8 Å². The normalized spacial score (nSPS) is 11.4. The maximum absolute atomic E-state index is 13.0. The zero-order valence-corrected chi connectivity index (χ0v) is 15.0. The maximum atomic E-state index is 13.0. The molecule has 0 atom stereocenters. The summed E-state index contributed by atoms with van der Waals surface area (Å²) in [5.74, 6) is 0.698. The Labute approximate surface area is 156 Å². The fourth-order valence-electron chi connectivity index (χ4n) is 2.55. The molecule has 0 unspecified atom stereocenters. The van der Waals surface area contributed by atoms with E-state index in [9.17, 15) is 8.42 Å². The van der Waals surface area contributed by atoms with E-state index < -0.39 is 10.0 Å². The van der Waals surface area contributed by atoms with E-state index in [0.29, 0.717) is 12.3 Å². The van der Waals surface area contributed by atoms with Crippen molar-refractivity contribution in [3.63, 3.8) is 0 Å². The smallest absolute Gasteiger partial charge is 0.286 e. The minimum Gasteiger partial charge on any atom is -0.461 e. The van der Waals surface area contributed by atoms with E-state index in [1.165, 1.54) is 18.4 Å². The molecule has 7 nitrogen and oxygen atoms in total. The molecule has 0 aliphatic heterocycles. The first-order chi connectivity index (χ1) is 13.1. The lowest BCUT2D eigenvalue weighted by Crippen LogP contribution is -2.18. The van der Waals surface area contributed by atoms with Gasteiger partial charge in [0.15, 0.2) is 5.76 Å². The summed E-state index contributed by atoms with van der Waals surface area (Å²) >= 11 is 0. The van der Waals surface area contributed by atoms with Crippen LogP contribution >= 0.6 is 0 Å². The summed E-state index contributed by atoms with van der Waals surface area (Å²) < 4.78 is 32.3. The summed E-state index contributed by atoms with van der Waals surface area (Å²) in [6, 6.07) is 21.1. The number of hydrogen-bond acceptors (Lipinski definition) is 6. The lowest BCUT2D eigenvalue weighted by atomic mass is 10.2. The molecule has 2 aromatic carbocycles. The lowest BCUT2D eigenvalue weighted by Gasteiger charge is -2.09. The third kappa shape index (κ3) is 3.47. The van der Waals surface area contributed by atoms with Crippen LogP contribution in [0.4, 0.5) is 5.95 Å². The van der Waals surface area contributed by atoms with E-state index in [0.717, 1.165) is 9.65 Å². The molecule has 0 fully saturated rings. The van der Waals surface area contributed by atoms with Crippen molar-refractivity contribution in [1.82, 2.24) is 14.2 Å². The van der Waals surface area contributed by atoms with Gasteiger partial charge in [0, 0.05) is 6.54 Å². The molecule has 0 amide bonds. The van der Waals surface area contributed by atoms with Crippen molar-refractivity contribution in [3.05, 3.63) is 84.6 Å². The molecule has 27 heavy (non-hydrogen) atoms. The van der Waals surface area contributed by atoms with Gasteiger partial charge in [-0.1, -0.05) is 48.5 Å². The molecule has 1 N–H and O–H groups in total. The highest BCUT2D eigenvalue weighted by Gasteiger charge is 2.25. The largest absolute Gasteiger partial charge is 0.461 e. The molecule has 0 radical (unpaired) electrons. The van der Waals surface area contributed by atoms with Gasteiger partial charge in [-0.15, -0.1) is 9.19 Å².